The van der Waals surface area contributed by atoms with Crippen molar-refractivity contribution in [2.24, 2.45) is 10.9 Å². The first-order valence-electron chi connectivity index (χ1n) is 8.00. The first-order chi connectivity index (χ1) is 10.1. The van der Waals surface area contributed by atoms with Crippen molar-refractivity contribution in [1.29, 1.82) is 0 Å². The summed E-state index contributed by atoms with van der Waals surface area (Å²) in [4.78, 5) is 4.58. The van der Waals surface area contributed by atoms with E-state index in [2.05, 4.69) is 65.0 Å². The number of halogens is 1. The lowest BCUT2D eigenvalue weighted by Crippen LogP contribution is -2.45. The third kappa shape index (κ3) is 7.42. The van der Waals surface area contributed by atoms with Gasteiger partial charge in [0.2, 0.25) is 0 Å². The molecule has 1 atom stereocenters. The molecule has 0 aliphatic rings. The highest BCUT2D eigenvalue weighted by Crippen LogP contribution is 1.99. The molecule has 0 saturated heterocycles. The van der Waals surface area contributed by atoms with Gasteiger partial charge in [0.1, 0.15) is 12.2 Å². The minimum atomic E-state index is 0. The Bertz CT molecular complexity index is 429. The van der Waals surface area contributed by atoms with E-state index in [1.165, 1.54) is 0 Å². The third-order valence-electron chi connectivity index (χ3n) is 3.52. The second-order valence-corrected chi connectivity index (χ2v) is 5.63. The molecule has 0 aliphatic carbocycles. The highest BCUT2D eigenvalue weighted by Gasteiger charge is 2.09. The molecule has 1 rings (SSSR count). The minimum absolute atomic E-state index is 0. The van der Waals surface area contributed by atoms with Gasteiger partial charge in [0.05, 0.1) is 0 Å². The number of aliphatic imine (C=N–C) groups is 1. The summed E-state index contributed by atoms with van der Waals surface area (Å²) in [6.45, 7) is 13.3. The second kappa shape index (κ2) is 11.7. The number of nitrogens with one attached hydrogen (secondary N) is 2. The lowest BCUT2D eigenvalue weighted by atomic mass is 10.1. The molecule has 1 aromatic rings. The molecule has 0 spiro atoms. The van der Waals surface area contributed by atoms with Crippen LogP contribution in [0, 0.1) is 5.92 Å². The molecule has 0 saturated carbocycles. The van der Waals surface area contributed by atoms with Crippen molar-refractivity contribution in [3.63, 3.8) is 0 Å². The van der Waals surface area contributed by atoms with Gasteiger partial charge >= 0.3 is 0 Å². The molecule has 1 heterocycles. The molecule has 0 bridgehead atoms. The molecule has 0 aliphatic heterocycles. The summed E-state index contributed by atoms with van der Waals surface area (Å²) < 4.78 is 2.08. The van der Waals surface area contributed by atoms with Gasteiger partial charge in [-0.15, -0.1) is 34.2 Å². The summed E-state index contributed by atoms with van der Waals surface area (Å²) in [5.74, 6) is 2.49. The molecule has 0 amide bonds. The van der Waals surface area contributed by atoms with Crippen LogP contribution in [0.3, 0.4) is 0 Å². The fourth-order valence-electron chi connectivity index (χ4n) is 1.79. The molecule has 6 nitrogen and oxygen atoms in total. The quantitative estimate of drug-likeness (QED) is 0.384. The largest absolute Gasteiger partial charge is 0.355 e. The monoisotopic (exact) mass is 422 g/mol. The lowest BCUT2D eigenvalue weighted by Gasteiger charge is -2.21. The van der Waals surface area contributed by atoms with Gasteiger partial charge in [-0.05, 0) is 19.3 Å². The predicted octanol–water partition coefficient (Wildman–Crippen LogP) is 2.45. The molecule has 0 aromatic carbocycles. The number of guanidine groups is 1. The van der Waals surface area contributed by atoms with Crippen molar-refractivity contribution in [3.8, 4) is 0 Å². The van der Waals surface area contributed by atoms with Crippen molar-refractivity contribution in [2.75, 3.05) is 13.1 Å². The van der Waals surface area contributed by atoms with E-state index in [-0.39, 0.29) is 24.0 Å². The van der Waals surface area contributed by atoms with Crippen molar-refractivity contribution in [2.45, 2.75) is 60.0 Å². The van der Waals surface area contributed by atoms with Crippen LogP contribution in [-0.4, -0.2) is 39.9 Å². The predicted molar refractivity (Wildman–Crippen MR) is 103 cm³/mol. The Morgan fingerprint density at radius 1 is 1.32 bits per heavy atom. The van der Waals surface area contributed by atoms with Crippen molar-refractivity contribution >= 4 is 29.9 Å². The van der Waals surface area contributed by atoms with Crippen LogP contribution in [0.4, 0.5) is 0 Å². The summed E-state index contributed by atoms with van der Waals surface area (Å²) in [5, 5.41) is 14.9. The van der Waals surface area contributed by atoms with Gasteiger partial charge in [-0.25, -0.2) is 0 Å². The van der Waals surface area contributed by atoms with E-state index in [0.29, 0.717) is 12.0 Å². The Hall–Kier alpha value is -0.860. The number of nitrogens with zero attached hydrogens (tertiary/aromatic N) is 4. The Morgan fingerprint density at radius 3 is 2.64 bits per heavy atom. The van der Waals surface area contributed by atoms with Crippen LogP contribution >= 0.6 is 24.0 Å². The zero-order valence-electron chi connectivity index (χ0n) is 14.5. The number of rotatable bonds is 8. The molecule has 22 heavy (non-hydrogen) atoms. The van der Waals surface area contributed by atoms with Gasteiger partial charge in [-0.1, -0.05) is 27.7 Å². The molecule has 2 N–H and O–H groups in total. The van der Waals surface area contributed by atoms with Gasteiger partial charge in [-0.3, -0.25) is 4.99 Å². The van der Waals surface area contributed by atoms with E-state index in [1.54, 1.807) is 6.33 Å². The molecule has 1 unspecified atom stereocenters. The van der Waals surface area contributed by atoms with Crippen LogP contribution in [-0.2, 0) is 13.0 Å². The van der Waals surface area contributed by atoms with E-state index in [9.17, 15) is 0 Å². The minimum Gasteiger partial charge on any atom is -0.355 e. The highest BCUT2D eigenvalue weighted by atomic mass is 127. The summed E-state index contributed by atoms with van der Waals surface area (Å²) in [7, 11) is 0. The van der Waals surface area contributed by atoms with Crippen molar-refractivity contribution < 1.29 is 0 Å². The fraction of sp³-hybridized carbons (Fsp3) is 0.800. The van der Waals surface area contributed by atoms with Crippen LogP contribution in [0.2, 0.25) is 0 Å². The van der Waals surface area contributed by atoms with E-state index >= 15 is 0 Å². The van der Waals surface area contributed by atoms with Gasteiger partial charge in [0.15, 0.2) is 5.96 Å². The standard InChI is InChI=1S/C15H30N6.HI/c1-6-8-16-15(19-13(5)12(3)4)17-9-10-21-11-18-20-14(21)7-2;/h11-13H,6-10H2,1-5H3,(H2,16,17,19);1H. The zero-order chi connectivity index (χ0) is 15.7. The summed E-state index contributed by atoms with van der Waals surface area (Å²) in [5.41, 5.74) is 0. The van der Waals surface area contributed by atoms with Crippen LogP contribution in [0.1, 0.15) is 46.9 Å². The second-order valence-electron chi connectivity index (χ2n) is 5.63. The summed E-state index contributed by atoms with van der Waals surface area (Å²) >= 11 is 0. The Kier molecular flexibility index (Phi) is 11.2. The molecular weight excluding hydrogens is 391 g/mol. The fourth-order valence-corrected chi connectivity index (χ4v) is 1.79. The van der Waals surface area contributed by atoms with Crippen molar-refractivity contribution in [3.05, 3.63) is 12.2 Å². The molecule has 0 fully saturated rings. The van der Waals surface area contributed by atoms with Gasteiger partial charge < -0.3 is 15.2 Å². The van der Waals surface area contributed by atoms with E-state index in [0.717, 1.165) is 44.3 Å². The van der Waals surface area contributed by atoms with Crippen LogP contribution < -0.4 is 10.6 Å². The van der Waals surface area contributed by atoms with Crippen LogP contribution in [0.25, 0.3) is 0 Å². The molecule has 0 radical (unpaired) electrons. The third-order valence-corrected chi connectivity index (χ3v) is 3.52. The Morgan fingerprint density at radius 2 is 2.05 bits per heavy atom. The lowest BCUT2D eigenvalue weighted by molar-refractivity contribution is 0.479. The molecule has 1 aromatic heterocycles. The topological polar surface area (TPSA) is 67.1 Å². The number of hydrogen-bond donors (Lipinski definition) is 2. The summed E-state index contributed by atoms with van der Waals surface area (Å²) in [6.07, 6.45) is 3.74. The maximum absolute atomic E-state index is 4.58. The SMILES string of the molecule is CCCN=C(NCCn1cnnc1CC)NC(C)C(C)C.I. The first-order valence-corrected chi connectivity index (χ1v) is 8.00. The number of aryl methyl sites for hydroxylation is 1. The van der Waals surface area contributed by atoms with Gasteiger partial charge in [0, 0.05) is 32.1 Å². The highest BCUT2D eigenvalue weighted by molar-refractivity contribution is 14.0. The van der Waals surface area contributed by atoms with Gasteiger partial charge in [-0.2, -0.15) is 0 Å². The van der Waals surface area contributed by atoms with E-state index in [1.807, 2.05) is 0 Å². The molecule has 128 valence electrons. The first kappa shape index (κ1) is 21.1. The number of hydrogen-bond acceptors (Lipinski definition) is 3. The summed E-state index contributed by atoms with van der Waals surface area (Å²) in [6, 6.07) is 0.397. The van der Waals surface area contributed by atoms with Crippen molar-refractivity contribution in [1.82, 2.24) is 25.4 Å². The van der Waals surface area contributed by atoms with Crippen LogP contribution in [0.15, 0.2) is 11.3 Å². The molecular formula is C15H31IN6. The van der Waals surface area contributed by atoms with Crippen LogP contribution in [0.5, 0.6) is 0 Å². The van der Waals surface area contributed by atoms with E-state index < -0.39 is 0 Å². The average Bonchev–Trinajstić information content (AvgIpc) is 2.91. The molecule has 7 heteroatoms. The van der Waals surface area contributed by atoms with Gasteiger partial charge in [0.25, 0.3) is 0 Å². The maximum atomic E-state index is 4.58. The zero-order valence-corrected chi connectivity index (χ0v) is 16.8. The average molecular weight is 422 g/mol. The smallest absolute Gasteiger partial charge is 0.191 e. The normalized spacial score (nSPS) is 12.9. The van der Waals surface area contributed by atoms with E-state index in [4.69, 9.17) is 0 Å². The maximum Gasteiger partial charge on any atom is 0.191 e. The Balaban J connectivity index is 0.00000441. The Labute approximate surface area is 151 Å². The number of aromatic nitrogens is 3.